The molecule has 0 aliphatic carbocycles. The number of nitrogens with zero attached hydrogens (tertiary/aromatic N) is 5. The summed E-state index contributed by atoms with van der Waals surface area (Å²) in [6, 6.07) is 7.79. The van der Waals surface area contributed by atoms with Crippen molar-refractivity contribution in [1.29, 1.82) is 0 Å². The van der Waals surface area contributed by atoms with Crippen LogP contribution in [0.25, 0.3) is 5.69 Å². The lowest BCUT2D eigenvalue weighted by Crippen LogP contribution is -2.45. The molecule has 0 unspecified atom stereocenters. The van der Waals surface area contributed by atoms with E-state index < -0.39 is 0 Å². The lowest BCUT2D eigenvalue weighted by molar-refractivity contribution is -0.127. The van der Waals surface area contributed by atoms with E-state index in [9.17, 15) is 9.59 Å². The van der Waals surface area contributed by atoms with E-state index in [1.54, 1.807) is 17.2 Å². The van der Waals surface area contributed by atoms with Crippen molar-refractivity contribution in [2.24, 2.45) is 0 Å². The molecular formula is C20H25N5O2. The van der Waals surface area contributed by atoms with Crippen molar-refractivity contribution in [2.75, 3.05) is 19.6 Å². The van der Waals surface area contributed by atoms with Gasteiger partial charge in [-0.1, -0.05) is 6.07 Å². The first-order valence-electron chi connectivity index (χ1n) is 9.76. The van der Waals surface area contributed by atoms with Crippen LogP contribution in [0.3, 0.4) is 0 Å². The molecule has 2 amide bonds. The third-order valence-electron chi connectivity index (χ3n) is 5.60. The lowest BCUT2D eigenvalue weighted by atomic mass is 9.97. The summed E-state index contributed by atoms with van der Waals surface area (Å²) in [7, 11) is 0. The van der Waals surface area contributed by atoms with Crippen LogP contribution in [-0.2, 0) is 4.79 Å². The van der Waals surface area contributed by atoms with Crippen molar-refractivity contribution in [2.45, 2.75) is 44.6 Å². The first-order chi connectivity index (χ1) is 13.2. The quantitative estimate of drug-likeness (QED) is 0.813. The summed E-state index contributed by atoms with van der Waals surface area (Å²) < 4.78 is 1.80. The number of amides is 2. The minimum atomic E-state index is 0.0716. The number of benzene rings is 1. The molecule has 0 N–H and O–H groups in total. The molecule has 7 nitrogen and oxygen atoms in total. The predicted octanol–water partition coefficient (Wildman–Crippen LogP) is 2.27. The summed E-state index contributed by atoms with van der Waals surface area (Å²) in [6.07, 6.45) is 8.94. The second kappa shape index (κ2) is 7.90. The van der Waals surface area contributed by atoms with Gasteiger partial charge in [-0.05, 0) is 50.3 Å². The molecule has 0 spiro atoms. The van der Waals surface area contributed by atoms with E-state index in [2.05, 4.69) is 10.2 Å². The van der Waals surface area contributed by atoms with E-state index in [1.807, 2.05) is 34.1 Å². The van der Waals surface area contributed by atoms with Crippen molar-refractivity contribution < 1.29 is 9.59 Å². The highest BCUT2D eigenvalue weighted by atomic mass is 16.2. The van der Waals surface area contributed by atoms with Gasteiger partial charge in [0.15, 0.2) is 0 Å². The Morgan fingerprint density at radius 3 is 2.74 bits per heavy atom. The fourth-order valence-corrected chi connectivity index (χ4v) is 4.11. The molecule has 2 aromatic rings. The largest absolute Gasteiger partial charge is 0.343 e. The Hall–Kier alpha value is -2.70. The third kappa shape index (κ3) is 3.86. The fraction of sp³-hybridized carbons (Fsp3) is 0.500. The van der Waals surface area contributed by atoms with Crippen LogP contribution in [0, 0.1) is 0 Å². The second-order valence-electron chi connectivity index (χ2n) is 7.34. The molecule has 142 valence electrons. The zero-order valence-electron chi connectivity index (χ0n) is 15.5. The Morgan fingerprint density at radius 1 is 1.11 bits per heavy atom. The SMILES string of the molecule is O=C1CCCN1CC[C@H]1CCCCN1C(=O)c1cccc(-n2cnnc2)c1. The molecule has 2 fully saturated rings. The monoisotopic (exact) mass is 367 g/mol. The maximum absolute atomic E-state index is 13.2. The van der Waals surface area contributed by atoms with Gasteiger partial charge in [0.2, 0.25) is 5.91 Å². The van der Waals surface area contributed by atoms with Gasteiger partial charge in [0.05, 0.1) is 0 Å². The zero-order chi connectivity index (χ0) is 18.6. The van der Waals surface area contributed by atoms with Crippen LogP contribution in [-0.4, -0.2) is 62.1 Å². The topological polar surface area (TPSA) is 71.3 Å². The van der Waals surface area contributed by atoms with Gasteiger partial charge in [-0.2, -0.15) is 0 Å². The maximum Gasteiger partial charge on any atom is 0.254 e. The molecule has 27 heavy (non-hydrogen) atoms. The average molecular weight is 367 g/mol. The van der Waals surface area contributed by atoms with Crippen molar-refractivity contribution in [3.63, 3.8) is 0 Å². The number of carbonyl (C=O) groups is 2. The number of hydrogen-bond acceptors (Lipinski definition) is 4. The van der Waals surface area contributed by atoms with Crippen molar-refractivity contribution in [3.05, 3.63) is 42.5 Å². The average Bonchev–Trinajstić information content (AvgIpc) is 3.38. The first kappa shape index (κ1) is 17.7. The van der Waals surface area contributed by atoms with Crippen LogP contribution in [0.4, 0.5) is 0 Å². The summed E-state index contributed by atoms with van der Waals surface area (Å²) in [5.74, 6) is 0.327. The summed E-state index contributed by atoms with van der Waals surface area (Å²) in [5.41, 5.74) is 1.56. The first-order valence-corrected chi connectivity index (χ1v) is 9.76. The Bertz CT molecular complexity index is 804. The predicted molar refractivity (Wildman–Crippen MR) is 100 cm³/mol. The Kier molecular flexibility index (Phi) is 5.18. The van der Waals surface area contributed by atoms with Gasteiger partial charge in [-0.3, -0.25) is 14.2 Å². The van der Waals surface area contributed by atoms with Crippen molar-refractivity contribution in [1.82, 2.24) is 24.6 Å². The van der Waals surface area contributed by atoms with E-state index in [0.29, 0.717) is 12.0 Å². The molecule has 1 atom stereocenters. The third-order valence-corrected chi connectivity index (χ3v) is 5.60. The molecule has 3 heterocycles. The lowest BCUT2D eigenvalue weighted by Gasteiger charge is -2.36. The molecule has 0 saturated carbocycles. The summed E-state index contributed by atoms with van der Waals surface area (Å²) in [5, 5.41) is 7.66. The van der Waals surface area contributed by atoms with Crippen LogP contribution < -0.4 is 0 Å². The van der Waals surface area contributed by atoms with Crippen LogP contribution in [0.5, 0.6) is 0 Å². The normalized spacial score (nSPS) is 20.3. The van der Waals surface area contributed by atoms with Crippen molar-refractivity contribution in [3.8, 4) is 5.69 Å². The van der Waals surface area contributed by atoms with Crippen LogP contribution >= 0.6 is 0 Å². The Balaban J connectivity index is 1.47. The van der Waals surface area contributed by atoms with E-state index in [0.717, 1.165) is 57.4 Å². The Labute approximate surface area is 159 Å². The molecule has 2 saturated heterocycles. The summed E-state index contributed by atoms with van der Waals surface area (Å²) in [6.45, 7) is 2.41. The molecule has 7 heteroatoms. The Morgan fingerprint density at radius 2 is 1.96 bits per heavy atom. The van der Waals surface area contributed by atoms with Gasteiger partial charge in [-0.25, -0.2) is 0 Å². The molecule has 1 aromatic heterocycles. The number of likely N-dealkylation sites (tertiary alicyclic amines) is 2. The van der Waals surface area contributed by atoms with Gasteiger partial charge in [0.1, 0.15) is 12.7 Å². The smallest absolute Gasteiger partial charge is 0.254 e. The number of rotatable bonds is 5. The molecule has 0 radical (unpaired) electrons. The van der Waals surface area contributed by atoms with Crippen LogP contribution in [0.15, 0.2) is 36.9 Å². The highest BCUT2D eigenvalue weighted by Gasteiger charge is 2.29. The number of piperidine rings is 1. The second-order valence-corrected chi connectivity index (χ2v) is 7.34. The fourth-order valence-electron chi connectivity index (χ4n) is 4.11. The van der Waals surface area contributed by atoms with E-state index in [-0.39, 0.29) is 17.9 Å². The van der Waals surface area contributed by atoms with Crippen molar-refractivity contribution >= 4 is 11.8 Å². The number of carbonyl (C=O) groups excluding carboxylic acids is 2. The molecule has 4 rings (SSSR count). The van der Waals surface area contributed by atoms with Gasteiger partial charge in [0.25, 0.3) is 5.91 Å². The standard InChI is InChI=1S/C20H25N5O2/c26-19-8-4-10-23(19)12-9-17-6-1-2-11-25(17)20(27)16-5-3-7-18(13-16)24-14-21-22-15-24/h3,5,7,13-15,17H,1-2,4,6,8-12H2/t17-/m1/s1. The van der Waals surface area contributed by atoms with Gasteiger partial charge >= 0.3 is 0 Å². The molecule has 2 aliphatic rings. The van der Waals surface area contributed by atoms with Gasteiger partial charge in [-0.15, -0.1) is 10.2 Å². The highest BCUT2D eigenvalue weighted by Crippen LogP contribution is 2.24. The van der Waals surface area contributed by atoms with Gasteiger partial charge in [0, 0.05) is 43.3 Å². The van der Waals surface area contributed by atoms with Crippen LogP contribution in [0.2, 0.25) is 0 Å². The molecule has 1 aromatic carbocycles. The van der Waals surface area contributed by atoms with E-state index in [1.165, 1.54) is 0 Å². The minimum absolute atomic E-state index is 0.0716. The number of aromatic nitrogens is 3. The van der Waals surface area contributed by atoms with E-state index >= 15 is 0 Å². The molecular weight excluding hydrogens is 342 g/mol. The summed E-state index contributed by atoms with van der Waals surface area (Å²) >= 11 is 0. The number of hydrogen-bond donors (Lipinski definition) is 0. The van der Waals surface area contributed by atoms with Crippen LogP contribution in [0.1, 0.15) is 48.9 Å². The molecule has 0 bridgehead atoms. The maximum atomic E-state index is 13.2. The highest BCUT2D eigenvalue weighted by molar-refractivity contribution is 5.95. The molecule has 2 aliphatic heterocycles. The van der Waals surface area contributed by atoms with E-state index in [4.69, 9.17) is 0 Å². The zero-order valence-corrected chi connectivity index (χ0v) is 15.5. The summed E-state index contributed by atoms with van der Waals surface area (Å²) in [4.78, 5) is 29.0. The minimum Gasteiger partial charge on any atom is -0.343 e. The van der Waals surface area contributed by atoms with Gasteiger partial charge < -0.3 is 9.80 Å².